The summed E-state index contributed by atoms with van der Waals surface area (Å²) in [6, 6.07) is 44.0. The molecule has 8 heteroatoms. The fourth-order valence-electron chi connectivity index (χ4n) is 11.2. The molecule has 1 spiro atoms. The molecule has 4 aromatic rings. The first kappa shape index (κ1) is 45.1. The number of hydrogen-bond donors (Lipinski definition) is 0. The summed E-state index contributed by atoms with van der Waals surface area (Å²) in [6.07, 6.45) is 6.34. The second kappa shape index (κ2) is 18.5. The van der Waals surface area contributed by atoms with Gasteiger partial charge >= 0.3 is 17.2 Å². The van der Waals surface area contributed by atoms with Crippen LogP contribution in [0.3, 0.4) is 0 Å². The van der Waals surface area contributed by atoms with Crippen LogP contribution in [-0.4, -0.2) is 38.6 Å². The number of benzene rings is 4. The van der Waals surface area contributed by atoms with Crippen molar-refractivity contribution < 1.29 is 27.1 Å². The van der Waals surface area contributed by atoms with Gasteiger partial charge in [-0.2, -0.15) is 0 Å². The predicted molar refractivity (Wildman–Crippen MR) is 249 cm³/mol. The maximum Gasteiger partial charge on any atom is 0.332 e. The van der Waals surface area contributed by atoms with Crippen LogP contribution < -0.4 is 0 Å². The van der Waals surface area contributed by atoms with Crippen LogP contribution in [0.4, 0.5) is 0 Å². The van der Waals surface area contributed by atoms with Crippen molar-refractivity contribution in [2.24, 2.45) is 29.1 Å². The molecule has 61 heavy (non-hydrogen) atoms. The molecule has 0 N–H and O–H groups in total. The van der Waals surface area contributed by atoms with Crippen molar-refractivity contribution in [3.8, 4) is 0 Å². The molecule has 2 saturated carbocycles. The van der Waals surface area contributed by atoms with Crippen LogP contribution in [0.1, 0.15) is 116 Å². The van der Waals surface area contributed by atoms with Gasteiger partial charge in [-0.25, -0.2) is 0 Å². The van der Waals surface area contributed by atoms with Crippen LogP contribution in [0.15, 0.2) is 121 Å². The molecule has 0 amide bonds. The summed E-state index contributed by atoms with van der Waals surface area (Å²) < 4.78 is 39.9. The largest absolute Gasteiger partial charge is 0.332 e. The molecule has 6 unspecified atom stereocenters. The van der Waals surface area contributed by atoms with Gasteiger partial charge in [0.05, 0.1) is 44.1 Å². The van der Waals surface area contributed by atoms with E-state index < -0.39 is 17.2 Å². The molecule has 4 fully saturated rings. The molecule has 2 aliphatic heterocycles. The molecule has 2 saturated heterocycles. The summed E-state index contributed by atoms with van der Waals surface area (Å²) in [5.74, 6) is 1.63. The van der Waals surface area contributed by atoms with Gasteiger partial charge in [-0.15, -0.1) is 0 Å². The Morgan fingerprint density at radius 3 is 0.984 bits per heavy atom. The Kier molecular flexibility index (Phi) is 13.7. The van der Waals surface area contributed by atoms with Gasteiger partial charge in [0.2, 0.25) is 0 Å². The lowest BCUT2D eigenvalue weighted by Gasteiger charge is -2.50. The van der Waals surface area contributed by atoms with Crippen LogP contribution >= 0.6 is 17.2 Å². The van der Waals surface area contributed by atoms with Crippen LogP contribution in [-0.2, 0) is 48.8 Å². The highest BCUT2D eigenvalue weighted by Crippen LogP contribution is 2.59. The van der Waals surface area contributed by atoms with E-state index >= 15 is 0 Å². The normalized spacial score (nSPS) is 30.6. The average Bonchev–Trinajstić information content (AvgIpc) is 3.29. The zero-order valence-corrected chi connectivity index (χ0v) is 39.7. The molecule has 0 aromatic heterocycles. The molecule has 2 heterocycles. The Morgan fingerprint density at radius 2 is 0.689 bits per heavy atom. The highest BCUT2D eigenvalue weighted by atomic mass is 31.2. The first-order valence-corrected chi connectivity index (χ1v) is 25.1. The van der Waals surface area contributed by atoms with Gasteiger partial charge in [0.25, 0.3) is 0 Å². The Morgan fingerprint density at radius 1 is 0.410 bits per heavy atom. The third kappa shape index (κ3) is 9.65. The van der Waals surface area contributed by atoms with E-state index in [1.54, 1.807) is 0 Å². The molecule has 4 aliphatic rings. The second-order valence-corrected chi connectivity index (χ2v) is 23.3. The van der Waals surface area contributed by atoms with Crippen molar-refractivity contribution in [2.45, 2.75) is 128 Å². The van der Waals surface area contributed by atoms with E-state index in [0.717, 1.165) is 38.5 Å². The lowest BCUT2D eigenvalue weighted by Crippen LogP contribution is -2.48. The molecule has 0 radical (unpaired) electrons. The van der Waals surface area contributed by atoms with Crippen molar-refractivity contribution in [1.29, 1.82) is 0 Å². The van der Waals surface area contributed by atoms with E-state index in [4.69, 9.17) is 27.1 Å². The van der Waals surface area contributed by atoms with Crippen molar-refractivity contribution in [1.82, 2.24) is 0 Å². The molecule has 0 bridgehead atoms. The lowest BCUT2D eigenvalue weighted by atomic mass is 9.58. The quantitative estimate of drug-likeness (QED) is 0.132. The van der Waals surface area contributed by atoms with E-state index in [-0.39, 0.29) is 39.3 Å². The average molecular weight is 865 g/mol. The van der Waals surface area contributed by atoms with E-state index in [1.807, 2.05) is 0 Å². The van der Waals surface area contributed by atoms with Crippen LogP contribution in [0, 0.1) is 29.1 Å². The highest BCUT2D eigenvalue weighted by molar-refractivity contribution is 7.42. The van der Waals surface area contributed by atoms with Crippen LogP contribution in [0.2, 0.25) is 0 Å². The van der Waals surface area contributed by atoms with E-state index in [2.05, 4.69) is 177 Å². The maximum atomic E-state index is 6.93. The Hall–Kier alpha value is -2.50. The number of hydrogen-bond acceptors (Lipinski definition) is 6. The zero-order chi connectivity index (χ0) is 42.9. The van der Waals surface area contributed by atoms with E-state index in [9.17, 15) is 0 Å². The van der Waals surface area contributed by atoms with Crippen LogP contribution in [0.25, 0.3) is 0 Å². The molecule has 8 rings (SSSR count). The third-order valence-electron chi connectivity index (χ3n) is 15.9. The SMILES string of the molecule is CC(C)(c1ccccc1)C1CCC(OP2OCC3(CO2)COP(OC2CCC(C(C)(C)c4ccccc4)CC2C(C)(C)c2ccccc2)OC3)C(C(C)(C)c2ccccc2)C1. The molecular formula is C53H70O6P2. The van der Waals surface area contributed by atoms with Crippen molar-refractivity contribution >= 4 is 17.2 Å². The summed E-state index contributed by atoms with van der Waals surface area (Å²) in [5.41, 5.74) is 5.02. The topological polar surface area (TPSA) is 55.4 Å². The van der Waals surface area contributed by atoms with Gasteiger partial charge in [0.1, 0.15) is 0 Å². The maximum absolute atomic E-state index is 6.93. The first-order chi connectivity index (χ1) is 29.2. The van der Waals surface area contributed by atoms with Gasteiger partial charge in [-0.3, -0.25) is 0 Å². The first-order valence-electron chi connectivity index (χ1n) is 22.9. The summed E-state index contributed by atoms with van der Waals surface area (Å²) in [5, 5.41) is 0. The van der Waals surface area contributed by atoms with Crippen molar-refractivity contribution in [3.05, 3.63) is 144 Å². The fraction of sp³-hybridized carbons (Fsp3) is 0.547. The van der Waals surface area contributed by atoms with Gasteiger partial charge in [-0.1, -0.05) is 177 Å². The summed E-state index contributed by atoms with van der Waals surface area (Å²) in [4.78, 5) is 0. The minimum absolute atomic E-state index is 0.0275. The third-order valence-corrected chi connectivity index (χ3v) is 18.1. The molecule has 4 aromatic carbocycles. The lowest BCUT2D eigenvalue weighted by molar-refractivity contribution is -0.0939. The molecule has 328 valence electrons. The van der Waals surface area contributed by atoms with Gasteiger partial charge in [0, 0.05) is 0 Å². The smallest absolute Gasteiger partial charge is 0.311 e. The Balaban J connectivity index is 0.900. The molecule has 6 atom stereocenters. The Labute approximate surface area is 369 Å². The Bertz CT molecular complexity index is 1830. The summed E-state index contributed by atoms with van der Waals surface area (Å²) in [7, 11) is -3.02. The second-order valence-electron chi connectivity index (χ2n) is 20.9. The summed E-state index contributed by atoms with van der Waals surface area (Å²) >= 11 is 0. The molecule has 6 nitrogen and oxygen atoms in total. The van der Waals surface area contributed by atoms with Crippen molar-refractivity contribution in [3.63, 3.8) is 0 Å². The minimum atomic E-state index is -1.51. The standard InChI is InChI=1S/C53H70O6P2/c1-49(2,39-21-13-9-14-22-39)43-29-31-47(45(33-43)51(5,6)41-25-17-11-18-26-41)58-60-54-35-53(36-55-60)37-56-61(57-38-53)59-48-32-30-44(50(3,4)40-23-15-10-16-24-40)34-46(48)52(7,8)42-27-19-12-20-28-42/h9-28,43-48H,29-38H2,1-8H3. The zero-order valence-electron chi connectivity index (χ0n) is 37.9. The van der Waals surface area contributed by atoms with Crippen LogP contribution in [0.5, 0.6) is 0 Å². The highest BCUT2D eigenvalue weighted by Gasteiger charge is 2.51. The number of rotatable bonds is 12. The fourth-order valence-corrected chi connectivity index (χ4v) is 14.0. The van der Waals surface area contributed by atoms with E-state index in [0.29, 0.717) is 50.1 Å². The molecular weight excluding hydrogens is 795 g/mol. The van der Waals surface area contributed by atoms with Gasteiger partial charge in [0.15, 0.2) is 0 Å². The molecule has 2 aliphatic carbocycles. The van der Waals surface area contributed by atoms with Gasteiger partial charge < -0.3 is 27.1 Å². The van der Waals surface area contributed by atoms with E-state index in [1.165, 1.54) is 22.3 Å². The van der Waals surface area contributed by atoms with Crippen molar-refractivity contribution in [2.75, 3.05) is 26.4 Å². The minimum Gasteiger partial charge on any atom is -0.311 e. The van der Waals surface area contributed by atoms with Gasteiger partial charge in [-0.05, 0) is 106 Å². The predicted octanol–water partition coefficient (Wildman–Crippen LogP) is 14.0. The monoisotopic (exact) mass is 864 g/mol. The summed E-state index contributed by atoms with van der Waals surface area (Å²) in [6.45, 7) is 21.2.